The predicted molar refractivity (Wildman–Crippen MR) is 136 cm³/mol. The van der Waals surface area contributed by atoms with Gasteiger partial charge in [0.05, 0.1) is 16.3 Å². The molecule has 0 spiro atoms. The molecule has 176 valence electrons. The first kappa shape index (κ1) is 25.2. The van der Waals surface area contributed by atoms with E-state index in [1.807, 2.05) is 49.3 Å². The maximum absolute atomic E-state index is 13.6. The van der Waals surface area contributed by atoms with E-state index in [9.17, 15) is 8.42 Å². The van der Waals surface area contributed by atoms with E-state index in [0.29, 0.717) is 46.9 Å². The summed E-state index contributed by atoms with van der Waals surface area (Å²) in [5, 5.41) is 4.39. The number of hydrogen-bond donors (Lipinski definition) is 1. The molecule has 0 saturated carbocycles. The molecule has 0 unspecified atom stereocenters. The van der Waals surface area contributed by atoms with Gasteiger partial charge >= 0.3 is 0 Å². The number of hydrogen-bond acceptors (Lipinski definition) is 5. The minimum atomic E-state index is -3.81. The van der Waals surface area contributed by atoms with E-state index in [2.05, 4.69) is 5.32 Å². The third kappa shape index (κ3) is 7.01. The molecule has 6 nitrogen and oxygen atoms in total. The van der Waals surface area contributed by atoms with Gasteiger partial charge in [-0.3, -0.25) is 4.31 Å². The number of para-hydroxylation sites is 2. The number of rotatable bonds is 11. The van der Waals surface area contributed by atoms with Gasteiger partial charge in [-0.15, -0.1) is 0 Å². The number of ether oxygens (including phenoxy) is 1. The molecule has 0 heterocycles. The third-order valence-corrected chi connectivity index (χ3v) is 7.12. The maximum Gasteiger partial charge on any atom is 0.264 e. The van der Waals surface area contributed by atoms with Crippen molar-refractivity contribution in [2.24, 2.45) is 0 Å². The van der Waals surface area contributed by atoms with Crippen molar-refractivity contribution in [3.8, 4) is 5.75 Å². The summed E-state index contributed by atoms with van der Waals surface area (Å²) in [5.74, 6) is 0.676. The van der Waals surface area contributed by atoms with Crippen LogP contribution in [0.1, 0.15) is 0 Å². The highest BCUT2D eigenvalue weighted by molar-refractivity contribution is 7.92. The molecule has 3 aromatic rings. The number of anilines is 2. The summed E-state index contributed by atoms with van der Waals surface area (Å²) in [6.07, 6.45) is 0. The van der Waals surface area contributed by atoms with Gasteiger partial charge in [0, 0.05) is 29.7 Å². The first-order valence-corrected chi connectivity index (χ1v) is 12.6. The van der Waals surface area contributed by atoms with Crippen LogP contribution in [0.15, 0.2) is 77.7 Å². The molecule has 0 bridgehead atoms. The lowest BCUT2D eigenvalue weighted by Crippen LogP contribution is -2.37. The summed E-state index contributed by atoms with van der Waals surface area (Å²) < 4.78 is 34.3. The van der Waals surface area contributed by atoms with E-state index >= 15 is 0 Å². The van der Waals surface area contributed by atoms with Crippen LogP contribution in [-0.4, -0.2) is 53.7 Å². The normalized spacial score (nSPS) is 11.4. The van der Waals surface area contributed by atoms with Crippen molar-refractivity contribution in [3.05, 3.63) is 82.8 Å². The summed E-state index contributed by atoms with van der Waals surface area (Å²) >= 11 is 12.0. The molecule has 0 atom stereocenters. The minimum Gasteiger partial charge on any atom is -0.492 e. The molecule has 0 saturated heterocycles. The van der Waals surface area contributed by atoms with Gasteiger partial charge in [0.1, 0.15) is 12.4 Å². The molecule has 0 amide bonds. The molecule has 0 aliphatic rings. The topological polar surface area (TPSA) is 61.9 Å². The molecule has 0 aliphatic heterocycles. The zero-order chi connectivity index (χ0) is 23.8. The number of sulfonamides is 1. The monoisotopic (exact) mass is 507 g/mol. The Kier molecular flexibility index (Phi) is 8.86. The number of nitrogens with zero attached hydrogens (tertiary/aromatic N) is 2. The number of likely N-dealkylation sites (N-methyl/N-ethyl adjacent to an activating group) is 1. The smallest absolute Gasteiger partial charge is 0.264 e. The Morgan fingerprint density at radius 1 is 0.879 bits per heavy atom. The summed E-state index contributed by atoms with van der Waals surface area (Å²) in [6.45, 7) is 1.71. The highest BCUT2D eigenvalue weighted by Crippen LogP contribution is 2.31. The average Bonchev–Trinajstić information content (AvgIpc) is 2.78. The van der Waals surface area contributed by atoms with Gasteiger partial charge in [0.15, 0.2) is 0 Å². The lowest BCUT2D eigenvalue weighted by Gasteiger charge is -2.28. The molecule has 1 N–H and O–H groups in total. The zero-order valence-corrected chi connectivity index (χ0v) is 20.9. The molecule has 0 aromatic heterocycles. The molecule has 0 fully saturated rings. The van der Waals surface area contributed by atoms with Crippen LogP contribution < -0.4 is 14.4 Å². The molecule has 0 radical (unpaired) electrons. The SMILES string of the molecule is CN(C)CCN(c1ccccc1NCCOc1cccc(Cl)c1)S(=O)(=O)c1ccc(Cl)cc1. The van der Waals surface area contributed by atoms with Crippen molar-refractivity contribution < 1.29 is 13.2 Å². The second-order valence-electron chi connectivity index (χ2n) is 7.58. The van der Waals surface area contributed by atoms with Crippen LogP contribution in [0.4, 0.5) is 11.4 Å². The number of benzene rings is 3. The zero-order valence-electron chi connectivity index (χ0n) is 18.5. The second-order valence-corrected chi connectivity index (χ2v) is 10.3. The fourth-order valence-corrected chi connectivity index (χ4v) is 4.93. The third-order valence-electron chi connectivity index (χ3n) is 4.81. The molecular formula is C24H27Cl2N3O3S. The van der Waals surface area contributed by atoms with Crippen LogP contribution >= 0.6 is 23.2 Å². The van der Waals surface area contributed by atoms with Crippen molar-refractivity contribution in [2.45, 2.75) is 4.90 Å². The largest absolute Gasteiger partial charge is 0.492 e. The van der Waals surface area contributed by atoms with E-state index in [1.165, 1.54) is 16.4 Å². The minimum absolute atomic E-state index is 0.185. The lowest BCUT2D eigenvalue weighted by molar-refractivity contribution is 0.333. The van der Waals surface area contributed by atoms with Crippen LogP contribution in [0.5, 0.6) is 5.75 Å². The van der Waals surface area contributed by atoms with Crippen molar-refractivity contribution in [2.75, 3.05) is 50.0 Å². The molecule has 0 aliphatic carbocycles. The molecule has 3 rings (SSSR count). The van der Waals surface area contributed by atoms with Gasteiger partial charge in [0.25, 0.3) is 10.0 Å². The fraction of sp³-hybridized carbons (Fsp3) is 0.250. The molecule has 3 aromatic carbocycles. The summed E-state index contributed by atoms with van der Waals surface area (Å²) in [6, 6.07) is 20.7. The quantitative estimate of drug-likeness (QED) is 0.359. The molecule has 9 heteroatoms. The van der Waals surface area contributed by atoms with E-state index < -0.39 is 10.0 Å². The highest BCUT2D eigenvalue weighted by atomic mass is 35.5. The Bertz CT molecular complexity index is 1160. The highest BCUT2D eigenvalue weighted by Gasteiger charge is 2.26. The standard InChI is InChI=1S/C24H27Cl2N3O3S/c1-28(2)15-16-29(33(30,31)22-12-10-19(25)11-13-22)24-9-4-3-8-23(24)27-14-17-32-21-7-5-6-20(26)18-21/h3-13,18,27H,14-17H2,1-2H3. The van der Waals surface area contributed by atoms with E-state index in [0.717, 1.165) is 0 Å². The Morgan fingerprint density at radius 3 is 2.30 bits per heavy atom. The Labute approximate surface area is 205 Å². The lowest BCUT2D eigenvalue weighted by atomic mass is 10.2. The van der Waals surface area contributed by atoms with Gasteiger partial charge in [-0.1, -0.05) is 41.4 Å². The van der Waals surface area contributed by atoms with Crippen LogP contribution in [0.2, 0.25) is 10.0 Å². The van der Waals surface area contributed by atoms with Gasteiger partial charge in [0.2, 0.25) is 0 Å². The van der Waals surface area contributed by atoms with Crippen LogP contribution in [0.25, 0.3) is 0 Å². The van der Waals surface area contributed by atoms with Crippen molar-refractivity contribution >= 4 is 44.6 Å². The van der Waals surface area contributed by atoms with Crippen LogP contribution in [0, 0.1) is 0 Å². The van der Waals surface area contributed by atoms with Crippen LogP contribution in [-0.2, 0) is 10.0 Å². The molecular weight excluding hydrogens is 481 g/mol. The number of halogens is 2. The van der Waals surface area contributed by atoms with Crippen LogP contribution in [0.3, 0.4) is 0 Å². The van der Waals surface area contributed by atoms with Crippen molar-refractivity contribution in [3.63, 3.8) is 0 Å². The Balaban J connectivity index is 1.81. The van der Waals surface area contributed by atoms with E-state index in [1.54, 1.807) is 30.3 Å². The Hall–Kier alpha value is -2.45. The number of nitrogens with one attached hydrogen (secondary N) is 1. The van der Waals surface area contributed by atoms with E-state index in [4.69, 9.17) is 27.9 Å². The van der Waals surface area contributed by atoms with Crippen molar-refractivity contribution in [1.29, 1.82) is 0 Å². The van der Waals surface area contributed by atoms with Gasteiger partial charge in [-0.05, 0) is 68.7 Å². The van der Waals surface area contributed by atoms with Gasteiger partial charge in [-0.2, -0.15) is 0 Å². The maximum atomic E-state index is 13.6. The summed E-state index contributed by atoms with van der Waals surface area (Å²) in [7, 11) is 0.00904. The first-order valence-electron chi connectivity index (χ1n) is 10.4. The predicted octanol–water partition coefficient (Wildman–Crippen LogP) is 5.24. The first-order chi connectivity index (χ1) is 15.8. The van der Waals surface area contributed by atoms with Gasteiger partial charge < -0.3 is 15.0 Å². The second kappa shape index (κ2) is 11.6. The Morgan fingerprint density at radius 2 is 1.61 bits per heavy atom. The molecule has 33 heavy (non-hydrogen) atoms. The summed E-state index contributed by atoms with van der Waals surface area (Å²) in [4.78, 5) is 2.13. The van der Waals surface area contributed by atoms with Crippen molar-refractivity contribution in [1.82, 2.24) is 4.90 Å². The van der Waals surface area contributed by atoms with Gasteiger partial charge in [-0.25, -0.2) is 8.42 Å². The van der Waals surface area contributed by atoms with E-state index in [-0.39, 0.29) is 11.4 Å². The average molecular weight is 508 g/mol. The fourth-order valence-electron chi connectivity index (χ4n) is 3.15. The summed E-state index contributed by atoms with van der Waals surface area (Å²) in [5.41, 5.74) is 1.26.